The lowest BCUT2D eigenvalue weighted by molar-refractivity contribution is 0.649. The molecule has 0 aliphatic rings. The molecule has 0 heterocycles. The van der Waals surface area contributed by atoms with Gasteiger partial charge in [0.15, 0.2) is 0 Å². The molecule has 0 aromatic carbocycles. The van der Waals surface area contributed by atoms with E-state index in [4.69, 9.17) is 5.73 Å². The number of aliphatic imine (C=N–C) groups is 2. The lowest BCUT2D eigenvalue weighted by Gasteiger charge is -2.03. The molecule has 114 valence electrons. The van der Waals surface area contributed by atoms with Crippen LogP contribution in [0.1, 0.15) is 32.1 Å². The van der Waals surface area contributed by atoms with Crippen LogP contribution < -0.4 is 11.1 Å². The van der Waals surface area contributed by atoms with Gasteiger partial charge in [0, 0.05) is 25.5 Å². The van der Waals surface area contributed by atoms with Crippen LogP contribution in [0.2, 0.25) is 0 Å². The monoisotopic (exact) mass is 282 g/mol. The van der Waals surface area contributed by atoms with Crippen LogP contribution >= 0.6 is 0 Å². The van der Waals surface area contributed by atoms with Gasteiger partial charge < -0.3 is 11.1 Å². The van der Waals surface area contributed by atoms with E-state index in [-0.39, 0.29) is 6.54 Å². The van der Waals surface area contributed by atoms with Crippen molar-refractivity contribution in [3.05, 3.63) is 23.7 Å². The van der Waals surface area contributed by atoms with Gasteiger partial charge in [-0.25, -0.2) is 4.39 Å². The molecule has 0 rings (SSSR count). The molecule has 3 N–H and O–H groups in total. The SMILES string of the molecule is C=N/C=C(\C=N/CCCCCNC)CC/C(=C/F)CN. The molecular weight excluding hydrogens is 255 g/mol. The molecule has 0 aromatic rings. The summed E-state index contributed by atoms with van der Waals surface area (Å²) in [5.74, 6) is 0. The Bertz CT molecular complexity index is 335. The molecule has 0 radical (unpaired) electrons. The molecule has 0 aromatic heterocycles. The Hall–Kier alpha value is -1.33. The Balaban J connectivity index is 4.02. The van der Waals surface area contributed by atoms with Crippen molar-refractivity contribution in [3.63, 3.8) is 0 Å². The zero-order valence-corrected chi connectivity index (χ0v) is 12.4. The number of nitrogens with one attached hydrogen (secondary N) is 1. The Kier molecular flexibility index (Phi) is 13.2. The van der Waals surface area contributed by atoms with Gasteiger partial charge in [-0.05, 0) is 57.1 Å². The van der Waals surface area contributed by atoms with E-state index in [0.29, 0.717) is 24.7 Å². The summed E-state index contributed by atoms with van der Waals surface area (Å²) >= 11 is 0. The number of allylic oxidation sites excluding steroid dienone is 1. The molecule has 0 aliphatic heterocycles. The van der Waals surface area contributed by atoms with Gasteiger partial charge in [0.05, 0.1) is 6.33 Å². The second-order valence-electron chi connectivity index (χ2n) is 4.56. The van der Waals surface area contributed by atoms with E-state index >= 15 is 0 Å². The van der Waals surface area contributed by atoms with Crippen LogP contribution in [0.25, 0.3) is 0 Å². The number of hydrogen-bond donors (Lipinski definition) is 2. The second kappa shape index (κ2) is 14.1. The molecular formula is C15H27FN4. The van der Waals surface area contributed by atoms with Crippen LogP contribution in [0.5, 0.6) is 0 Å². The molecule has 0 amide bonds. The van der Waals surface area contributed by atoms with E-state index in [0.717, 1.165) is 25.1 Å². The number of nitrogens with two attached hydrogens (primary N) is 1. The van der Waals surface area contributed by atoms with Crippen LogP contribution in [0.3, 0.4) is 0 Å². The normalized spacial score (nSPS) is 13.2. The fourth-order valence-corrected chi connectivity index (χ4v) is 1.65. The van der Waals surface area contributed by atoms with Crippen molar-refractivity contribution >= 4 is 12.9 Å². The Labute approximate surface area is 121 Å². The third-order valence-corrected chi connectivity index (χ3v) is 2.88. The van der Waals surface area contributed by atoms with Crippen molar-refractivity contribution in [2.24, 2.45) is 15.7 Å². The van der Waals surface area contributed by atoms with Crippen molar-refractivity contribution in [2.75, 3.05) is 26.7 Å². The summed E-state index contributed by atoms with van der Waals surface area (Å²) in [5, 5.41) is 3.12. The number of nitrogens with zero attached hydrogens (tertiary/aromatic N) is 2. The average Bonchev–Trinajstić information content (AvgIpc) is 2.47. The molecule has 0 unspecified atom stereocenters. The minimum atomic E-state index is 0.244. The predicted octanol–water partition coefficient (Wildman–Crippen LogP) is 2.62. The summed E-state index contributed by atoms with van der Waals surface area (Å²) in [4.78, 5) is 8.12. The van der Waals surface area contributed by atoms with Crippen LogP contribution in [-0.2, 0) is 0 Å². The van der Waals surface area contributed by atoms with Crippen molar-refractivity contribution in [3.8, 4) is 0 Å². The van der Waals surface area contributed by atoms with Crippen molar-refractivity contribution in [1.29, 1.82) is 0 Å². The summed E-state index contributed by atoms with van der Waals surface area (Å²) in [6.07, 6.45) is 8.72. The standard InChI is InChI=1S/C15H27FN4/c1-18-8-4-3-5-9-20-13-15(12-19-2)7-6-14(10-16)11-17/h10,12-13,18H,2-9,11,17H2,1H3/b14-10-,15-12-,20-13-. The summed E-state index contributed by atoms with van der Waals surface area (Å²) in [7, 11) is 1.96. The molecule has 0 saturated heterocycles. The summed E-state index contributed by atoms with van der Waals surface area (Å²) < 4.78 is 12.4. The van der Waals surface area contributed by atoms with Gasteiger partial charge in [-0.2, -0.15) is 0 Å². The van der Waals surface area contributed by atoms with Crippen molar-refractivity contribution < 1.29 is 4.39 Å². The molecule has 0 aliphatic carbocycles. The largest absolute Gasteiger partial charge is 0.327 e. The summed E-state index contributed by atoms with van der Waals surface area (Å²) in [6, 6.07) is 0. The first-order chi connectivity index (χ1) is 9.78. The van der Waals surface area contributed by atoms with Gasteiger partial charge in [-0.1, -0.05) is 6.42 Å². The zero-order chi connectivity index (χ0) is 15.1. The quantitative estimate of drug-likeness (QED) is 0.427. The fraction of sp³-hybridized carbons (Fsp3) is 0.600. The highest BCUT2D eigenvalue weighted by Crippen LogP contribution is 2.10. The first-order valence-corrected chi connectivity index (χ1v) is 7.06. The smallest absolute Gasteiger partial charge is 0.0871 e. The van der Waals surface area contributed by atoms with E-state index < -0.39 is 0 Å². The fourth-order valence-electron chi connectivity index (χ4n) is 1.65. The number of unbranched alkanes of at least 4 members (excludes halogenated alkanes) is 2. The third-order valence-electron chi connectivity index (χ3n) is 2.88. The molecule has 0 fully saturated rings. The van der Waals surface area contributed by atoms with Gasteiger partial charge in [-0.15, -0.1) is 0 Å². The minimum absolute atomic E-state index is 0.244. The first kappa shape index (κ1) is 18.7. The van der Waals surface area contributed by atoms with E-state index in [2.05, 4.69) is 22.0 Å². The number of halogens is 1. The van der Waals surface area contributed by atoms with Crippen LogP contribution in [0, 0.1) is 0 Å². The van der Waals surface area contributed by atoms with Gasteiger partial charge in [0.1, 0.15) is 0 Å². The molecule has 0 atom stereocenters. The van der Waals surface area contributed by atoms with Crippen LogP contribution in [-0.4, -0.2) is 39.6 Å². The van der Waals surface area contributed by atoms with Gasteiger partial charge in [0.25, 0.3) is 0 Å². The predicted molar refractivity (Wildman–Crippen MR) is 86.2 cm³/mol. The lowest BCUT2D eigenvalue weighted by atomic mass is 10.1. The Morgan fingerprint density at radius 1 is 1.30 bits per heavy atom. The van der Waals surface area contributed by atoms with Crippen LogP contribution in [0.4, 0.5) is 4.39 Å². The highest BCUT2D eigenvalue weighted by molar-refractivity contribution is 5.78. The molecule has 20 heavy (non-hydrogen) atoms. The van der Waals surface area contributed by atoms with E-state index in [9.17, 15) is 4.39 Å². The third kappa shape index (κ3) is 10.6. The average molecular weight is 282 g/mol. The molecule has 4 nitrogen and oxygen atoms in total. The Morgan fingerprint density at radius 3 is 2.70 bits per heavy atom. The second-order valence-corrected chi connectivity index (χ2v) is 4.56. The first-order valence-electron chi connectivity index (χ1n) is 7.06. The molecule has 5 heteroatoms. The molecule has 0 bridgehead atoms. The van der Waals surface area contributed by atoms with Gasteiger partial charge >= 0.3 is 0 Å². The molecule has 0 saturated carbocycles. The maximum Gasteiger partial charge on any atom is 0.0871 e. The van der Waals surface area contributed by atoms with E-state index in [1.165, 1.54) is 12.8 Å². The molecule has 0 spiro atoms. The highest BCUT2D eigenvalue weighted by atomic mass is 19.1. The minimum Gasteiger partial charge on any atom is -0.327 e. The number of hydrogen-bond acceptors (Lipinski definition) is 4. The lowest BCUT2D eigenvalue weighted by Crippen LogP contribution is -2.07. The maximum absolute atomic E-state index is 12.4. The maximum atomic E-state index is 12.4. The van der Waals surface area contributed by atoms with E-state index in [1.807, 2.05) is 7.05 Å². The van der Waals surface area contributed by atoms with Gasteiger partial charge in [0.2, 0.25) is 0 Å². The van der Waals surface area contributed by atoms with Crippen LogP contribution in [0.15, 0.2) is 33.7 Å². The Morgan fingerprint density at radius 2 is 2.10 bits per heavy atom. The van der Waals surface area contributed by atoms with Crippen molar-refractivity contribution in [2.45, 2.75) is 32.1 Å². The van der Waals surface area contributed by atoms with Gasteiger partial charge in [-0.3, -0.25) is 9.98 Å². The van der Waals surface area contributed by atoms with Crippen molar-refractivity contribution in [1.82, 2.24) is 5.32 Å². The van der Waals surface area contributed by atoms with E-state index in [1.54, 1.807) is 12.4 Å². The summed E-state index contributed by atoms with van der Waals surface area (Å²) in [6.45, 7) is 5.54. The highest BCUT2D eigenvalue weighted by Gasteiger charge is 1.98. The zero-order valence-electron chi connectivity index (χ0n) is 12.4. The number of rotatable bonds is 12. The summed E-state index contributed by atoms with van der Waals surface area (Å²) in [5.41, 5.74) is 6.97. The topological polar surface area (TPSA) is 62.8 Å².